The van der Waals surface area contributed by atoms with Crippen LogP contribution in [0.15, 0.2) is 53.1 Å². The molecule has 0 atom stereocenters. The third kappa shape index (κ3) is 5.57. The molecule has 158 valence electrons. The zero-order chi connectivity index (χ0) is 21.6. The van der Waals surface area contributed by atoms with E-state index in [4.69, 9.17) is 14.0 Å². The molecular weight excluding hydrogens is 410 g/mol. The number of anilines is 1. The predicted molar refractivity (Wildman–Crippen MR) is 110 cm³/mol. The van der Waals surface area contributed by atoms with Crippen molar-refractivity contribution in [2.24, 2.45) is 0 Å². The van der Waals surface area contributed by atoms with Crippen LogP contribution in [-0.2, 0) is 20.4 Å². The summed E-state index contributed by atoms with van der Waals surface area (Å²) in [4.78, 5) is 16.1. The van der Waals surface area contributed by atoms with E-state index in [9.17, 15) is 13.2 Å². The summed E-state index contributed by atoms with van der Waals surface area (Å²) in [5.41, 5.74) is 1.19. The van der Waals surface area contributed by atoms with Crippen molar-refractivity contribution in [1.29, 1.82) is 0 Å². The van der Waals surface area contributed by atoms with Crippen LogP contribution in [0.3, 0.4) is 0 Å². The Balaban J connectivity index is 1.61. The summed E-state index contributed by atoms with van der Waals surface area (Å²) in [7, 11) is -0.590. The molecule has 1 amide bonds. The highest BCUT2D eigenvalue weighted by Crippen LogP contribution is 2.31. The molecule has 0 saturated heterocycles. The summed E-state index contributed by atoms with van der Waals surface area (Å²) < 4.78 is 40.2. The zero-order valence-corrected chi connectivity index (χ0v) is 17.3. The highest BCUT2D eigenvalue weighted by atomic mass is 32.2. The molecule has 1 heterocycles. The second-order valence-electron chi connectivity index (χ2n) is 6.34. The lowest BCUT2D eigenvalue weighted by atomic mass is 10.2. The second-order valence-corrected chi connectivity index (χ2v) is 8.52. The lowest BCUT2D eigenvalue weighted by Gasteiger charge is -2.07. The van der Waals surface area contributed by atoms with E-state index in [0.717, 1.165) is 0 Å². The van der Waals surface area contributed by atoms with Crippen LogP contribution in [0.25, 0.3) is 11.4 Å². The molecule has 0 aliphatic carbocycles. The summed E-state index contributed by atoms with van der Waals surface area (Å²) >= 11 is 0. The van der Waals surface area contributed by atoms with Crippen LogP contribution in [0.5, 0.6) is 11.5 Å². The van der Waals surface area contributed by atoms with Crippen LogP contribution in [0.1, 0.15) is 12.3 Å². The van der Waals surface area contributed by atoms with Crippen LogP contribution in [0, 0.1) is 0 Å². The maximum atomic E-state index is 12.3. The van der Waals surface area contributed by atoms with Gasteiger partial charge in [0.2, 0.25) is 17.6 Å². The summed E-state index contributed by atoms with van der Waals surface area (Å²) in [6.07, 6.45) is -0.173. The molecule has 0 aliphatic rings. The highest BCUT2D eigenvalue weighted by Gasteiger charge is 2.20. The Labute approximate surface area is 173 Å². The predicted octanol–water partition coefficient (Wildman–Crippen LogP) is 2.70. The largest absolute Gasteiger partial charge is 0.493 e. The maximum Gasteiger partial charge on any atom is 0.242 e. The van der Waals surface area contributed by atoms with E-state index < -0.39 is 15.6 Å². The summed E-state index contributed by atoms with van der Waals surface area (Å²) in [5.74, 6) is 0.0262. The number of nitrogens with one attached hydrogen (secondary N) is 1. The number of hydrogen-bond donors (Lipinski definition) is 1. The topological polar surface area (TPSA) is 121 Å². The smallest absolute Gasteiger partial charge is 0.242 e. The van der Waals surface area contributed by atoms with Gasteiger partial charge in [-0.3, -0.25) is 4.79 Å². The van der Waals surface area contributed by atoms with Gasteiger partial charge in [0.05, 0.1) is 20.0 Å². The van der Waals surface area contributed by atoms with Crippen molar-refractivity contribution in [3.05, 3.63) is 54.4 Å². The number of nitrogens with zero attached hydrogens (tertiary/aromatic N) is 2. The molecule has 10 heteroatoms. The van der Waals surface area contributed by atoms with Gasteiger partial charge in [0.1, 0.15) is 5.75 Å². The molecule has 0 saturated carbocycles. The second kappa shape index (κ2) is 9.40. The van der Waals surface area contributed by atoms with Gasteiger partial charge in [0, 0.05) is 17.7 Å². The summed E-state index contributed by atoms with van der Waals surface area (Å²) in [6.45, 7) is 0. The number of sulfone groups is 1. The molecule has 0 fully saturated rings. The van der Waals surface area contributed by atoms with Gasteiger partial charge in [-0.05, 0) is 30.3 Å². The molecule has 3 aromatic rings. The molecular formula is C20H21N3O6S. The minimum atomic E-state index is -3.62. The first kappa shape index (κ1) is 21.3. The lowest BCUT2D eigenvalue weighted by molar-refractivity contribution is -0.115. The van der Waals surface area contributed by atoms with Crippen LogP contribution >= 0.6 is 0 Å². The molecule has 0 aliphatic heterocycles. The fourth-order valence-corrected chi connectivity index (χ4v) is 3.79. The van der Waals surface area contributed by atoms with Crippen LogP contribution < -0.4 is 14.8 Å². The van der Waals surface area contributed by atoms with Gasteiger partial charge in [0.15, 0.2) is 21.3 Å². The minimum Gasteiger partial charge on any atom is -0.493 e. The van der Waals surface area contributed by atoms with E-state index in [-0.39, 0.29) is 29.8 Å². The van der Waals surface area contributed by atoms with Gasteiger partial charge >= 0.3 is 0 Å². The van der Waals surface area contributed by atoms with E-state index in [1.165, 1.54) is 14.2 Å². The van der Waals surface area contributed by atoms with Crippen molar-refractivity contribution >= 4 is 21.4 Å². The van der Waals surface area contributed by atoms with Crippen molar-refractivity contribution in [2.75, 3.05) is 25.3 Å². The Morgan fingerprint density at radius 3 is 2.50 bits per heavy atom. The van der Waals surface area contributed by atoms with Gasteiger partial charge in [-0.15, -0.1) is 0 Å². The minimum absolute atomic E-state index is 0.0525. The zero-order valence-electron chi connectivity index (χ0n) is 16.5. The number of benzene rings is 2. The first-order chi connectivity index (χ1) is 14.4. The van der Waals surface area contributed by atoms with Gasteiger partial charge in [-0.1, -0.05) is 23.4 Å². The van der Waals surface area contributed by atoms with Crippen LogP contribution in [-0.4, -0.2) is 44.4 Å². The fourth-order valence-electron chi connectivity index (χ4n) is 2.66. The average molecular weight is 431 g/mol. The van der Waals surface area contributed by atoms with Gasteiger partial charge in [0.25, 0.3) is 0 Å². The summed E-state index contributed by atoms with van der Waals surface area (Å²) in [5, 5.41) is 6.47. The van der Waals surface area contributed by atoms with Crippen LogP contribution in [0.2, 0.25) is 0 Å². The molecule has 0 spiro atoms. The Morgan fingerprint density at radius 1 is 1.07 bits per heavy atom. The molecule has 0 bridgehead atoms. The number of carbonyl (C=O) groups excluding carboxylic acids is 1. The molecule has 0 radical (unpaired) electrons. The van der Waals surface area contributed by atoms with Crippen molar-refractivity contribution in [3.8, 4) is 22.9 Å². The quantitative estimate of drug-likeness (QED) is 0.549. The molecule has 2 aromatic carbocycles. The number of rotatable bonds is 9. The van der Waals surface area contributed by atoms with Crippen LogP contribution in [0.4, 0.5) is 5.69 Å². The Morgan fingerprint density at radius 2 is 1.80 bits per heavy atom. The number of carbonyl (C=O) groups is 1. The van der Waals surface area contributed by atoms with Crippen molar-refractivity contribution in [3.63, 3.8) is 0 Å². The number of methoxy groups -OCH3 is 2. The molecule has 0 unspecified atom stereocenters. The van der Waals surface area contributed by atoms with E-state index in [2.05, 4.69) is 15.5 Å². The van der Waals surface area contributed by atoms with E-state index in [1.807, 2.05) is 6.07 Å². The first-order valence-electron chi connectivity index (χ1n) is 9.00. The molecule has 9 nitrogen and oxygen atoms in total. The van der Waals surface area contributed by atoms with Gasteiger partial charge < -0.3 is 19.3 Å². The average Bonchev–Trinajstić information content (AvgIpc) is 3.20. The Kier molecular flexibility index (Phi) is 6.68. The SMILES string of the molecule is COc1ccc(-c2noc(CS(=O)(=O)CCC(=O)Nc3ccccc3)n2)cc1OC. The molecule has 1 N–H and O–H groups in total. The normalized spacial score (nSPS) is 11.1. The van der Waals surface area contributed by atoms with Gasteiger partial charge in [-0.2, -0.15) is 4.98 Å². The molecule has 1 aromatic heterocycles. The van der Waals surface area contributed by atoms with Crippen molar-refractivity contribution < 1.29 is 27.2 Å². The van der Waals surface area contributed by atoms with E-state index in [1.54, 1.807) is 42.5 Å². The Hall–Kier alpha value is -3.40. The van der Waals surface area contributed by atoms with E-state index in [0.29, 0.717) is 22.7 Å². The highest BCUT2D eigenvalue weighted by molar-refractivity contribution is 7.90. The van der Waals surface area contributed by atoms with E-state index >= 15 is 0 Å². The van der Waals surface area contributed by atoms with Gasteiger partial charge in [-0.25, -0.2) is 8.42 Å². The standard InChI is InChI=1S/C20H21N3O6S/c1-27-16-9-8-14(12-17(16)28-2)20-22-19(29-23-20)13-30(25,26)11-10-18(24)21-15-6-4-3-5-7-15/h3-9,12H,10-11,13H2,1-2H3,(H,21,24). The fraction of sp³-hybridized carbons (Fsp3) is 0.250. The third-order valence-electron chi connectivity index (χ3n) is 4.15. The number of aromatic nitrogens is 2. The monoisotopic (exact) mass is 431 g/mol. The number of hydrogen-bond acceptors (Lipinski definition) is 8. The maximum absolute atomic E-state index is 12.3. The summed E-state index contributed by atoms with van der Waals surface area (Å²) in [6, 6.07) is 13.9. The third-order valence-corrected chi connectivity index (χ3v) is 5.66. The van der Waals surface area contributed by atoms with Crippen molar-refractivity contribution in [2.45, 2.75) is 12.2 Å². The lowest BCUT2D eigenvalue weighted by Crippen LogP contribution is -2.18. The van der Waals surface area contributed by atoms with Crippen molar-refractivity contribution in [1.82, 2.24) is 10.1 Å². The number of ether oxygens (including phenoxy) is 2. The first-order valence-corrected chi connectivity index (χ1v) is 10.8. The number of amides is 1. The molecule has 3 rings (SSSR count). The number of para-hydroxylation sites is 1. The Bertz CT molecular complexity index is 1110. The molecule has 30 heavy (non-hydrogen) atoms.